The lowest BCUT2D eigenvalue weighted by molar-refractivity contribution is -0.136. The lowest BCUT2D eigenvalue weighted by Crippen LogP contribution is -2.08. The summed E-state index contributed by atoms with van der Waals surface area (Å²) in [5.74, 6) is 0.583. The van der Waals surface area contributed by atoms with Crippen molar-refractivity contribution < 1.29 is 17.9 Å². The van der Waals surface area contributed by atoms with Gasteiger partial charge >= 0.3 is 6.18 Å². The van der Waals surface area contributed by atoms with E-state index in [-0.39, 0.29) is 22.4 Å². The van der Waals surface area contributed by atoms with E-state index in [1.165, 1.54) is 11.8 Å². The summed E-state index contributed by atoms with van der Waals surface area (Å²) in [6.45, 7) is 0. The lowest BCUT2D eigenvalue weighted by Gasteiger charge is -2.12. The number of fused-ring (bicyclic) bond motifs is 1. The Kier molecular flexibility index (Phi) is 5.91. The van der Waals surface area contributed by atoms with Crippen molar-refractivity contribution in [3.63, 3.8) is 0 Å². The number of hydrogen-bond donors (Lipinski definition) is 0. The van der Waals surface area contributed by atoms with Crippen LogP contribution in [-0.2, 0) is 6.18 Å². The maximum atomic E-state index is 14.4. The average molecular weight is 514 g/mol. The van der Waals surface area contributed by atoms with Crippen LogP contribution in [0.25, 0.3) is 39.2 Å². The molecule has 5 aromatic rings. The van der Waals surface area contributed by atoms with Crippen LogP contribution in [0.15, 0.2) is 78.9 Å². The Hall–Kier alpha value is -3.55. The molecule has 9 heteroatoms. The van der Waals surface area contributed by atoms with Gasteiger partial charge in [-0.3, -0.25) is 0 Å². The van der Waals surface area contributed by atoms with Gasteiger partial charge in [-0.2, -0.15) is 18.3 Å². The van der Waals surface area contributed by atoms with Gasteiger partial charge in [-0.25, -0.2) is 9.67 Å². The molecular weight excluding hydrogens is 498 g/mol. The van der Waals surface area contributed by atoms with E-state index >= 15 is 0 Å². The second kappa shape index (κ2) is 8.91. The Morgan fingerprint density at radius 2 is 1.51 bits per heavy atom. The number of alkyl halides is 3. The molecule has 176 valence electrons. The van der Waals surface area contributed by atoms with Crippen LogP contribution in [-0.4, -0.2) is 21.9 Å². The van der Waals surface area contributed by atoms with Gasteiger partial charge in [-0.05, 0) is 60.7 Å². The summed E-state index contributed by atoms with van der Waals surface area (Å²) in [5.41, 5.74) is 0.963. The predicted molar refractivity (Wildman–Crippen MR) is 131 cm³/mol. The summed E-state index contributed by atoms with van der Waals surface area (Å²) in [6.07, 6.45) is -4.66. The van der Waals surface area contributed by atoms with Crippen molar-refractivity contribution in [2.45, 2.75) is 6.18 Å². The molecule has 35 heavy (non-hydrogen) atoms. The second-order valence-corrected chi connectivity index (χ2v) is 8.60. The predicted octanol–water partition coefficient (Wildman–Crippen LogP) is 8.09. The van der Waals surface area contributed by atoms with E-state index in [9.17, 15) is 13.2 Å². The first-order valence-electron chi connectivity index (χ1n) is 10.4. The topological polar surface area (TPSA) is 39.9 Å². The van der Waals surface area contributed by atoms with Crippen molar-refractivity contribution in [2.75, 3.05) is 7.11 Å². The summed E-state index contributed by atoms with van der Waals surface area (Å²) in [5, 5.41) is 5.34. The van der Waals surface area contributed by atoms with Crippen molar-refractivity contribution in [2.24, 2.45) is 0 Å². The van der Waals surface area contributed by atoms with Crippen molar-refractivity contribution in [1.82, 2.24) is 14.8 Å². The molecule has 2 aromatic heterocycles. The van der Waals surface area contributed by atoms with Gasteiger partial charge in [0.1, 0.15) is 11.4 Å². The molecule has 0 amide bonds. The monoisotopic (exact) mass is 513 g/mol. The quantitative estimate of drug-likeness (QED) is 0.243. The largest absolute Gasteiger partial charge is 0.497 e. The first-order valence-corrected chi connectivity index (χ1v) is 11.2. The molecule has 4 nitrogen and oxygen atoms in total. The molecule has 0 aliphatic rings. The molecule has 0 N–H and O–H groups in total. The number of hydrogen-bond acceptors (Lipinski definition) is 3. The van der Waals surface area contributed by atoms with Crippen LogP contribution in [0.2, 0.25) is 10.0 Å². The zero-order valence-corrected chi connectivity index (χ0v) is 19.7. The van der Waals surface area contributed by atoms with Crippen molar-refractivity contribution >= 4 is 34.2 Å². The Morgan fingerprint density at radius 1 is 0.829 bits per heavy atom. The minimum Gasteiger partial charge on any atom is -0.497 e. The van der Waals surface area contributed by atoms with Gasteiger partial charge in [-0.15, -0.1) is 0 Å². The maximum Gasteiger partial charge on any atom is 0.417 e. The Labute approximate surface area is 208 Å². The summed E-state index contributed by atoms with van der Waals surface area (Å²) in [7, 11) is 1.52. The van der Waals surface area contributed by atoms with E-state index in [1.54, 1.807) is 72.8 Å². The second-order valence-electron chi connectivity index (χ2n) is 7.73. The van der Waals surface area contributed by atoms with E-state index in [2.05, 4.69) is 10.1 Å². The fourth-order valence-corrected chi connectivity index (χ4v) is 4.16. The Balaban J connectivity index is 1.87. The molecular formula is C26H16Cl2F3N3O. The first kappa shape index (κ1) is 23.2. The standard InChI is InChI=1S/C26H16Cl2F3N3O/c1-35-20-11-7-15(8-12-20)22-14-21(26(29,30)31)23-24(16-5-9-17(27)10-6-16)33-34(25(23)32-22)19-4-2-3-18(28)13-19/h2-14H,1H3. The summed E-state index contributed by atoms with van der Waals surface area (Å²) in [4.78, 5) is 4.64. The normalized spacial score (nSPS) is 11.7. The van der Waals surface area contributed by atoms with Gasteiger partial charge in [0, 0.05) is 21.2 Å². The summed E-state index contributed by atoms with van der Waals surface area (Å²) in [6, 6.07) is 20.9. The van der Waals surface area contributed by atoms with Crippen LogP contribution in [0.1, 0.15) is 5.56 Å². The number of aromatic nitrogens is 3. The van der Waals surface area contributed by atoms with Gasteiger partial charge in [0.15, 0.2) is 5.65 Å². The number of benzene rings is 3. The molecule has 0 unspecified atom stereocenters. The molecule has 0 bridgehead atoms. The zero-order chi connectivity index (χ0) is 24.7. The Bertz CT molecular complexity index is 1530. The van der Waals surface area contributed by atoms with E-state index in [4.69, 9.17) is 27.9 Å². The number of pyridine rings is 1. The lowest BCUT2D eigenvalue weighted by atomic mass is 10.0. The Morgan fingerprint density at radius 3 is 2.14 bits per heavy atom. The highest BCUT2D eigenvalue weighted by Gasteiger charge is 2.36. The van der Waals surface area contributed by atoms with Gasteiger partial charge in [0.05, 0.1) is 29.4 Å². The van der Waals surface area contributed by atoms with Crippen LogP contribution >= 0.6 is 23.2 Å². The molecule has 5 rings (SSSR count). The smallest absolute Gasteiger partial charge is 0.417 e. The first-order chi connectivity index (χ1) is 16.7. The van der Waals surface area contributed by atoms with Gasteiger partial charge in [0.25, 0.3) is 0 Å². The molecule has 3 aromatic carbocycles. The van der Waals surface area contributed by atoms with E-state index in [0.717, 1.165) is 6.07 Å². The van der Waals surface area contributed by atoms with E-state index in [0.29, 0.717) is 32.6 Å². The van der Waals surface area contributed by atoms with Gasteiger partial charge in [-0.1, -0.05) is 41.4 Å². The fraction of sp³-hybridized carbons (Fsp3) is 0.0769. The van der Waals surface area contributed by atoms with E-state index < -0.39 is 11.7 Å². The molecule has 0 atom stereocenters. The van der Waals surface area contributed by atoms with Crippen LogP contribution < -0.4 is 4.74 Å². The molecule has 0 aliphatic heterocycles. The van der Waals surface area contributed by atoms with Crippen LogP contribution in [0, 0.1) is 0 Å². The fourth-order valence-electron chi connectivity index (χ4n) is 3.85. The minimum absolute atomic E-state index is 0.0536. The molecule has 2 heterocycles. The molecule has 0 fully saturated rings. The third kappa shape index (κ3) is 4.45. The number of methoxy groups -OCH3 is 1. The third-order valence-electron chi connectivity index (χ3n) is 5.50. The maximum absolute atomic E-state index is 14.4. The van der Waals surface area contributed by atoms with Crippen molar-refractivity contribution in [3.05, 3.63) is 94.5 Å². The molecule has 0 aliphatic carbocycles. The number of rotatable bonds is 4. The molecule has 0 spiro atoms. The van der Waals surface area contributed by atoms with Crippen LogP contribution in [0.3, 0.4) is 0 Å². The average Bonchev–Trinajstić information content (AvgIpc) is 3.23. The highest BCUT2D eigenvalue weighted by molar-refractivity contribution is 6.31. The molecule has 0 radical (unpaired) electrons. The molecule has 0 saturated carbocycles. The number of halogens is 5. The number of nitrogens with zero attached hydrogens (tertiary/aromatic N) is 3. The zero-order valence-electron chi connectivity index (χ0n) is 18.1. The highest BCUT2D eigenvalue weighted by Crippen LogP contribution is 2.42. The SMILES string of the molecule is COc1ccc(-c2cc(C(F)(F)F)c3c(-c4ccc(Cl)cc4)nn(-c4cccc(Cl)c4)c3n2)cc1. The van der Waals surface area contributed by atoms with E-state index in [1.807, 2.05) is 0 Å². The number of ether oxygens (including phenoxy) is 1. The van der Waals surface area contributed by atoms with Crippen LogP contribution in [0.5, 0.6) is 5.75 Å². The highest BCUT2D eigenvalue weighted by atomic mass is 35.5. The van der Waals surface area contributed by atoms with Gasteiger partial charge in [0.2, 0.25) is 0 Å². The van der Waals surface area contributed by atoms with Crippen LogP contribution in [0.4, 0.5) is 13.2 Å². The molecule has 0 saturated heterocycles. The minimum atomic E-state index is -4.66. The van der Waals surface area contributed by atoms with Gasteiger partial charge < -0.3 is 4.74 Å². The van der Waals surface area contributed by atoms with Crippen molar-refractivity contribution in [3.8, 4) is 34.0 Å². The van der Waals surface area contributed by atoms with Crippen molar-refractivity contribution in [1.29, 1.82) is 0 Å². The summed E-state index contributed by atoms with van der Waals surface area (Å²) >= 11 is 12.2. The summed E-state index contributed by atoms with van der Waals surface area (Å²) < 4.78 is 49.9. The third-order valence-corrected chi connectivity index (χ3v) is 5.99.